The van der Waals surface area contributed by atoms with Crippen molar-refractivity contribution in [2.24, 2.45) is 5.92 Å². The van der Waals surface area contributed by atoms with Crippen LogP contribution >= 0.6 is 11.6 Å². The van der Waals surface area contributed by atoms with E-state index in [1.54, 1.807) is 0 Å². The molecule has 154 valence electrons. The third kappa shape index (κ3) is 4.92. The Labute approximate surface area is 173 Å². The van der Waals surface area contributed by atoms with Gasteiger partial charge in [-0.05, 0) is 24.5 Å². The maximum atomic E-state index is 12.9. The maximum Gasteiger partial charge on any atom is 0.309 e. The summed E-state index contributed by atoms with van der Waals surface area (Å²) in [6.07, 6.45) is 0.610. The highest BCUT2D eigenvalue weighted by atomic mass is 35.5. The molecule has 1 heterocycles. The van der Waals surface area contributed by atoms with Crippen LogP contribution in [0.5, 0.6) is 0 Å². The van der Waals surface area contributed by atoms with E-state index in [1.165, 1.54) is 10.4 Å². The van der Waals surface area contributed by atoms with E-state index in [9.17, 15) is 23.3 Å². The average molecular weight is 439 g/mol. The number of esters is 1. The molecule has 0 atom stereocenters. The number of hydrogen-bond acceptors (Lipinski definition) is 6. The lowest BCUT2D eigenvalue weighted by molar-refractivity contribution is -0.385. The number of carbonyl (C=O) groups is 1. The summed E-state index contributed by atoms with van der Waals surface area (Å²) in [7, 11) is -4.01. The minimum atomic E-state index is -4.01. The Bertz CT molecular complexity index is 1000. The predicted molar refractivity (Wildman–Crippen MR) is 106 cm³/mol. The Morgan fingerprint density at radius 3 is 2.45 bits per heavy atom. The molecule has 0 amide bonds. The van der Waals surface area contributed by atoms with Crippen molar-refractivity contribution >= 4 is 33.3 Å². The third-order valence-corrected chi connectivity index (χ3v) is 7.13. The Morgan fingerprint density at radius 2 is 1.83 bits per heavy atom. The van der Waals surface area contributed by atoms with Gasteiger partial charge in [0.1, 0.15) is 11.5 Å². The molecule has 1 saturated heterocycles. The minimum absolute atomic E-state index is 0.0833. The first-order chi connectivity index (χ1) is 13.8. The number of non-ortho nitro benzene ring substituents is 1. The van der Waals surface area contributed by atoms with Gasteiger partial charge in [-0.3, -0.25) is 14.9 Å². The average Bonchev–Trinajstić information content (AvgIpc) is 2.73. The van der Waals surface area contributed by atoms with Crippen molar-refractivity contribution in [3.63, 3.8) is 0 Å². The summed E-state index contributed by atoms with van der Waals surface area (Å²) in [5.41, 5.74) is 0.522. The molecule has 0 spiro atoms. The molecule has 0 N–H and O–H groups in total. The van der Waals surface area contributed by atoms with Crippen LogP contribution in [0.25, 0.3) is 0 Å². The number of ether oxygens (including phenoxy) is 1. The zero-order valence-corrected chi connectivity index (χ0v) is 16.9. The van der Waals surface area contributed by atoms with Crippen LogP contribution < -0.4 is 0 Å². The van der Waals surface area contributed by atoms with Crippen LogP contribution in [0.4, 0.5) is 5.69 Å². The first-order valence-electron chi connectivity index (χ1n) is 8.93. The molecule has 0 aliphatic carbocycles. The monoisotopic (exact) mass is 438 g/mol. The molecule has 8 nitrogen and oxygen atoms in total. The number of halogens is 1. The quantitative estimate of drug-likeness (QED) is 0.388. The molecule has 0 unspecified atom stereocenters. The largest absolute Gasteiger partial charge is 0.461 e. The SMILES string of the molecule is O=C(OCc1ccccc1)C1CCN(S(=O)(=O)c2cc([N+](=O)[O-])ccc2Cl)CC1. The molecule has 3 rings (SSSR count). The van der Waals surface area contributed by atoms with E-state index < -0.39 is 20.9 Å². The summed E-state index contributed by atoms with van der Waals surface area (Å²) in [6.45, 7) is 0.375. The first-order valence-corrected chi connectivity index (χ1v) is 10.8. The zero-order valence-electron chi connectivity index (χ0n) is 15.4. The Kier molecular flexibility index (Phi) is 6.51. The summed E-state index contributed by atoms with van der Waals surface area (Å²) in [4.78, 5) is 22.3. The van der Waals surface area contributed by atoms with Crippen LogP contribution in [-0.4, -0.2) is 36.7 Å². The third-order valence-electron chi connectivity index (χ3n) is 4.75. The Balaban J connectivity index is 1.63. The summed E-state index contributed by atoms with van der Waals surface area (Å²) in [6, 6.07) is 12.6. The summed E-state index contributed by atoms with van der Waals surface area (Å²) >= 11 is 5.98. The topological polar surface area (TPSA) is 107 Å². The van der Waals surface area contributed by atoms with Gasteiger partial charge < -0.3 is 4.74 Å². The van der Waals surface area contributed by atoms with Crippen molar-refractivity contribution in [2.75, 3.05) is 13.1 Å². The molecule has 0 bridgehead atoms. The molecule has 2 aromatic carbocycles. The van der Waals surface area contributed by atoms with Crippen LogP contribution in [0.2, 0.25) is 5.02 Å². The van der Waals surface area contributed by atoms with Gasteiger partial charge in [0.15, 0.2) is 0 Å². The van der Waals surface area contributed by atoms with Crippen molar-refractivity contribution in [1.29, 1.82) is 0 Å². The lowest BCUT2D eigenvalue weighted by Crippen LogP contribution is -2.40. The van der Waals surface area contributed by atoms with E-state index in [0.29, 0.717) is 12.8 Å². The summed E-state index contributed by atoms with van der Waals surface area (Å²) in [5, 5.41) is 10.9. The number of benzene rings is 2. The number of nitro groups is 1. The maximum absolute atomic E-state index is 12.9. The van der Waals surface area contributed by atoms with Crippen molar-refractivity contribution in [2.45, 2.75) is 24.3 Å². The predicted octanol–water partition coefficient (Wildman–Crippen LogP) is 3.39. The number of rotatable bonds is 6. The molecule has 1 fully saturated rings. The number of piperidine rings is 1. The van der Waals surface area contributed by atoms with E-state index >= 15 is 0 Å². The van der Waals surface area contributed by atoms with Crippen molar-refractivity contribution in [1.82, 2.24) is 4.31 Å². The van der Waals surface area contributed by atoms with Gasteiger partial charge in [0, 0.05) is 25.2 Å². The van der Waals surface area contributed by atoms with Gasteiger partial charge >= 0.3 is 5.97 Å². The smallest absolute Gasteiger partial charge is 0.309 e. The second-order valence-corrected chi connectivity index (χ2v) is 8.96. The number of nitro benzene ring substituents is 1. The van der Waals surface area contributed by atoms with Crippen molar-refractivity contribution in [3.05, 3.63) is 69.2 Å². The van der Waals surface area contributed by atoms with Gasteiger partial charge in [-0.25, -0.2) is 8.42 Å². The molecule has 1 aliphatic rings. The van der Waals surface area contributed by atoms with Gasteiger partial charge in [-0.15, -0.1) is 0 Å². The fourth-order valence-electron chi connectivity index (χ4n) is 3.12. The Morgan fingerprint density at radius 1 is 1.17 bits per heavy atom. The lowest BCUT2D eigenvalue weighted by Gasteiger charge is -2.30. The molecule has 10 heteroatoms. The van der Waals surface area contributed by atoms with E-state index in [4.69, 9.17) is 16.3 Å². The zero-order chi connectivity index (χ0) is 21.0. The molecule has 29 heavy (non-hydrogen) atoms. The second-order valence-electron chi connectivity index (χ2n) is 6.64. The standard InChI is InChI=1S/C19H19ClN2O6S/c20-17-7-6-16(22(24)25)12-18(17)29(26,27)21-10-8-15(9-11-21)19(23)28-13-14-4-2-1-3-5-14/h1-7,12,15H,8-11,13H2. The fraction of sp³-hybridized carbons (Fsp3) is 0.316. The summed E-state index contributed by atoms with van der Waals surface area (Å²) < 4.78 is 32.3. The van der Waals surface area contributed by atoms with Crippen molar-refractivity contribution < 1.29 is 22.9 Å². The van der Waals surface area contributed by atoms with Gasteiger partial charge in [0.05, 0.1) is 15.9 Å². The number of carbonyl (C=O) groups excluding carboxylic acids is 1. The van der Waals surface area contributed by atoms with Crippen molar-refractivity contribution in [3.8, 4) is 0 Å². The number of hydrogen-bond donors (Lipinski definition) is 0. The highest BCUT2D eigenvalue weighted by molar-refractivity contribution is 7.89. The van der Waals surface area contributed by atoms with E-state index in [0.717, 1.165) is 17.7 Å². The lowest BCUT2D eigenvalue weighted by atomic mass is 9.98. The van der Waals surface area contributed by atoms with E-state index in [-0.39, 0.29) is 41.3 Å². The molecule has 0 saturated carbocycles. The highest BCUT2D eigenvalue weighted by Crippen LogP contribution is 2.31. The molecule has 1 aliphatic heterocycles. The normalized spacial score (nSPS) is 15.8. The molecule has 2 aromatic rings. The van der Waals surface area contributed by atoms with Gasteiger partial charge in [-0.1, -0.05) is 41.9 Å². The second kappa shape index (κ2) is 8.89. The van der Waals surface area contributed by atoms with Crippen LogP contribution in [0.3, 0.4) is 0 Å². The van der Waals surface area contributed by atoms with Crippen LogP contribution in [0.15, 0.2) is 53.4 Å². The minimum Gasteiger partial charge on any atom is -0.461 e. The van der Waals surface area contributed by atoms with Crippen LogP contribution in [0, 0.1) is 16.0 Å². The summed E-state index contributed by atoms with van der Waals surface area (Å²) in [5.74, 6) is -0.759. The van der Waals surface area contributed by atoms with Crippen LogP contribution in [-0.2, 0) is 26.2 Å². The number of nitrogens with zero attached hydrogens (tertiary/aromatic N) is 2. The van der Waals surface area contributed by atoms with E-state index in [1.807, 2.05) is 30.3 Å². The van der Waals surface area contributed by atoms with Gasteiger partial charge in [0.25, 0.3) is 5.69 Å². The highest BCUT2D eigenvalue weighted by Gasteiger charge is 2.34. The molecular weight excluding hydrogens is 420 g/mol. The fourth-order valence-corrected chi connectivity index (χ4v) is 5.08. The van der Waals surface area contributed by atoms with E-state index in [2.05, 4.69) is 0 Å². The number of sulfonamides is 1. The first kappa shape index (κ1) is 21.2. The molecule has 0 aromatic heterocycles. The molecule has 0 radical (unpaired) electrons. The van der Waals surface area contributed by atoms with Gasteiger partial charge in [-0.2, -0.15) is 4.31 Å². The van der Waals surface area contributed by atoms with Gasteiger partial charge in [0.2, 0.25) is 10.0 Å². The Hall–Kier alpha value is -2.49. The molecular formula is C19H19ClN2O6S. The van der Waals surface area contributed by atoms with Crippen LogP contribution in [0.1, 0.15) is 18.4 Å².